The number of rotatable bonds is 6. The molecule has 28 heavy (non-hydrogen) atoms. The third kappa shape index (κ3) is 5.34. The summed E-state index contributed by atoms with van der Waals surface area (Å²) in [6.45, 7) is 3.15. The summed E-state index contributed by atoms with van der Waals surface area (Å²) in [6, 6.07) is 14.7. The lowest BCUT2D eigenvalue weighted by Gasteiger charge is -2.31. The van der Waals surface area contributed by atoms with E-state index in [1.807, 2.05) is 31.2 Å². The van der Waals surface area contributed by atoms with E-state index >= 15 is 0 Å². The second-order valence-electron chi connectivity index (χ2n) is 7.22. The first-order chi connectivity index (χ1) is 13.3. The lowest BCUT2D eigenvalue weighted by Crippen LogP contribution is -2.45. The molecule has 1 aliphatic rings. The van der Waals surface area contributed by atoms with Crippen LogP contribution in [0.2, 0.25) is 5.02 Å². The summed E-state index contributed by atoms with van der Waals surface area (Å²) < 4.78 is 27.0. The van der Waals surface area contributed by atoms with Crippen LogP contribution in [0.4, 0.5) is 0 Å². The van der Waals surface area contributed by atoms with Crippen molar-refractivity contribution in [2.45, 2.75) is 32.1 Å². The summed E-state index contributed by atoms with van der Waals surface area (Å²) in [6.07, 6.45) is 1.38. The zero-order valence-electron chi connectivity index (χ0n) is 15.9. The molecule has 1 heterocycles. The standard InChI is InChI=1S/C21H25ClN2O3S/c1-16-5-2-3-6-18(16)13-23-21(25)19-7-4-12-24(14-19)28(26,27)15-17-8-10-20(22)11-9-17/h2-3,5-6,8-11,19H,4,7,12-15H2,1H3,(H,23,25)/t19-/m1/s1. The normalized spacial score (nSPS) is 18.0. The Labute approximate surface area is 171 Å². The number of carbonyl (C=O) groups excluding carboxylic acids is 1. The molecule has 1 amide bonds. The maximum absolute atomic E-state index is 12.8. The Balaban J connectivity index is 1.60. The van der Waals surface area contributed by atoms with Gasteiger partial charge in [0.1, 0.15) is 0 Å². The van der Waals surface area contributed by atoms with Crippen molar-refractivity contribution in [3.05, 3.63) is 70.2 Å². The fourth-order valence-corrected chi connectivity index (χ4v) is 5.16. The predicted octanol–water partition coefficient (Wildman–Crippen LogP) is 3.51. The van der Waals surface area contributed by atoms with E-state index in [1.165, 1.54) is 4.31 Å². The average Bonchev–Trinajstić information content (AvgIpc) is 2.69. The van der Waals surface area contributed by atoms with Crippen molar-refractivity contribution in [2.24, 2.45) is 5.92 Å². The van der Waals surface area contributed by atoms with Gasteiger partial charge in [-0.3, -0.25) is 4.79 Å². The summed E-state index contributed by atoms with van der Waals surface area (Å²) in [4.78, 5) is 12.6. The van der Waals surface area contributed by atoms with Crippen molar-refractivity contribution in [1.29, 1.82) is 0 Å². The molecule has 2 aromatic rings. The number of hydrogen-bond donors (Lipinski definition) is 1. The van der Waals surface area contributed by atoms with Crippen LogP contribution in [0.25, 0.3) is 0 Å². The molecule has 7 heteroatoms. The van der Waals surface area contributed by atoms with Gasteiger partial charge in [0.25, 0.3) is 0 Å². The van der Waals surface area contributed by atoms with Gasteiger partial charge in [0, 0.05) is 24.7 Å². The van der Waals surface area contributed by atoms with E-state index in [9.17, 15) is 13.2 Å². The van der Waals surface area contributed by atoms with Crippen LogP contribution in [0, 0.1) is 12.8 Å². The molecule has 0 unspecified atom stereocenters. The van der Waals surface area contributed by atoms with E-state index in [-0.39, 0.29) is 24.1 Å². The van der Waals surface area contributed by atoms with Crippen LogP contribution >= 0.6 is 11.6 Å². The van der Waals surface area contributed by atoms with E-state index in [0.29, 0.717) is 36.5 Å². The summed E-state index contributed by atoms with van der Waals surface area (Å²) in [5.74, 6) is -0.491. The number of nitrogens with one attached hydrogen (secondary N) is 1. The van der Waals surface area contributed by atoms with Gasteiger partial charge in [-0.15, -0.1) is 0 Å². The molecule has 0 bridgehead atoms. The fraction of sp³-hybridized carbons (Fsp3) is 0.381. The molecular formula is C21H25ClN2O3S. The number of aryl methyl sites for hydroxylation is 1. The largest absolute Gasteiger partial charge is 0.352 e. The Bertz CT molecular complexity index is 929. The first-order valence-electron chi connectivity index (χ1n) is 9.39. The number of sulfonamides is 1. The Hall–Kier alpha value is -1.89. The molecule has 0 radical (unpaired) electrons. The minimum absolute atomic E-state index is 0.0816. The molecule has 1 saturated heterocycles. The zero-order chi connectivity index (χ0) is 20.1. The van der Waals surface area contributed by atoms with Gasteiger partial charge < -0.3 is 5.32 Å². The van der Waals surface area contributed by atoms with Crippen molar-refractivity contribution in [3.63, 3.8) is 0 Å². The van der Waals surface area contributed by atoms with E-state index in [4.69, 9.17) is 11.6 Å². The molecular weight excluding hydrogens is 396 g/mol. The minimum atomic E-state index is -3.48. The van der Waals surface area contributed by atoms with Crippen molar-refractivity contribution < 1.29 is 13.2 Å². The quantitative estimate of drug-likeness (QED) is 0.777. The van der Waals surface area contributed by atoms with Gasteiger partial charge in [-0.25, -0.2) is 12.7 Å². The van der Waals surface area contributed by atoms with Crippen molar-refractivity contribution in [3.8, 4) is 0 Å². The van der Waals surface area contributed by atoms with Crippen molar-refractivity contribution in [2.75, 3.05) is 13.1 Å². The van der Waals surface area contributed by atoms with Crippen LogP contribution in [-0.4, -0.2) is 31.7 Å². The lowest BCUT2D eigenvalue weighted by molar-refractivity contribution is -0.126. The van der Waals surface area contributed by atoms with Gasteiger partial charge in [0.15, 0.2) is 0 Å². The van der Waals surface area contributed by atoms with Gasteiger partial charge in [0.2, 0.25) is 15.9 Å². The number of nitrogens with zero attached hydrogens (tertiary/aromatic N) is 1. The zero-order valence-corrected chi connectivity index (χ0v) is 17.5. The summed E-state index contributed by atoms with van der Waals surface area (Å²) in [5, 5.41) is 3.54. The van der Waals surface area contributed by atoms with Gasteiger partial charge >= 0.3 is 0 Å². The van der Waals surface area contributed by atoms with Crippen LogP contribution in [0.3, 0.4) is 0 Å². The molecule has 1 fully saturated rings. The molecule has 1 aliphatic heterocycles. The highest BCUT2D eigenvalue weighted by atomic mass is 35.5. The van der Waals surface area contributed by atoms with Crippen molar-refractivity contribution in [1.82, 2.24) is 9.62 Å². The van der Waals surface area contributed by atoms with Crippen LogP contribution in [0.15, 0.2) is 48.5 Å². The highest BCUT2D eigenvalue weighted by Gasteiger charge is 2.32. The molecule has 0 spiro atoms. The van der Waals surface area contributed by atoms with Crippen LogP contribution in [0.5, 0.6) is 0 Å². The lowest BCUT2D eigenvalue weighted by atomic mass is 9.98. The van der Waals surface area contributed by atoms with E-state index < -0.39 is 10.0 Å². The van der Waals surface area contributed by atoms with Crippen LogP contribution in [-0.2, 0) is 27.1 Å². The molecule has 3 rings (SSSR count). The Morgan fingerprint density at radius 3 is 2.61 bits per heavy atom. The van der Waals surface area contributed by atoms with Crippen LogP contribution < -0.4 is 5.32 Å². The van der Waals surface area contributed by atoms with Gasteiger partial charge in [-0.2, -0.15) is 0 Å². The second-order valence-corrected chi connectivity index (χ2v) is 9.63. The Kier molecular flexibility index (Phi) is 6.75. The highest BCUT2D eigenvalue weighted by molar-refractivity contribution is 7.88. The number of carbonyl (C=O) groups is 1. The smallest absolute Gasteiger partial charge is 0.224 e. The van der Waals surface area contributed by atoms with E-state index in [2.05, 4.69) is 5.32 Å². The average molecular weight is 421 g/mol. The maximum Gasteiger partial charge on any atom is 0.224 e. The highest BCUT2D eigenvalue weighted by Crippen LogP contribution is 2.22. The van der Waals surface area contributed by atoms with Crippen LogP contribution in [0.1, 0.15) is 29.5 Å². The molecule has 1 atom stereocenters. The third-order valence-corrected chi connectivity index (χ3v) is 7.19. The molecule has 150 valence electrons. The van der Waals surface area contributed by atoms with Gasteiger partial charge in [-0.05, 0) is 48.6 Å². The Morgan fingerprint density at radius 1 is 1.18 bits per heavy atom. The summed E-state index contributed by atoms with van der Waals surface area (Å²) in [5.41, 5.74) is 2.88. The molecule has 5 nitrogen and oxygen atoms in total. The first kappa shape index (κ1) is 20.8. The number of amides is 1. The molecule has 0 aliphatic carbocycles. The van der Waals surface area contributed by atoms with Crippen molar-refractivity contribution >= 4 is 27.5 Å². The summed E-state index contributed by atoms with van der Waals surface area (Å²) in [7, 11) is -3.48. The summed E-state index contributed by atoms with van der Waals surface area (Å²) >= 11 is 5.86. The first-order valence-corrected chi connectivity index (χ1v) is 11.4. The monoisotopic (exact) mass is 420 g/mol. The number of hydrogen-bond acceptors (Lipinski definition) is 3. The minimum Gasteiger partial charge on any atom is -0.352 e. The second kappa shape index (κ2) is 9.07. The SMILES string of the molecule is Cc1ccccc1CNC(=O)[C@@H]1CCCN(S(=O)(=O)Cc2ccc(Cl)cc2)C1. The molecule has 0 aromatic heterocycles. The third-order valence-electron chi connectivity index (χ3n) is 5.12. The molecule has 1 N–H and O–H groups in total. The maximum atomic E-state index is 12.8. The Morgan fingerprint density at radius 2 is 1.89 bits per heavy atom. The molecule has 2 aromatic carbocycles. The van der Waals surface area contributed by atoms with Gasteiger partial charge in [0.05, 0.1) is 11.7 Å². The number of halogens is 1. The van der Waals surface area contributed by atoms with Gasteiger partial charge in [-0.1, -0.05) is 48.0 Å². The predicted molar refractivity (Wildman–Crippen MR) is 111 cm³/mol. The molecule has 0 saturated carbocycles. The fourth-order valence-electron chi connectivity index (χ4n) is 3.43. The number of benzene rings is 2. The topological polar surface area (TPSA) is 66.5 Å². The van der Waals surface area contributed by atoms with E-state index in [1.54, 1.807) is 24.3 Å². The number of piperidine rings is 1. The van der Waals surface area contributed by atoms with E-state index in [0.717, 1.165) is 11.1 Å².